The molecular formula is C15H27N3O2S. The summed E-state index contributed by atoms with van der Waals surface area (Å²) in [4.78, 5) is 0. The normalized spacial score (nSPS) is 15.6. The fraction of sp³-hybridized carbons (Fsp3) is 0.800. The monoisotopic (exact) mass is 313 g/mol. The fourth-order valence-electron chi connectivity index (χ4n) is 2.68. The maximum atomic E-state index is 11.4. The fourth-order valence-corrected chi connectivity index (χ4v) is 3.19. The minimum atomic E-state index is -2.95. The molecule has 0 aromatic carbocycles. The number of sulfone groups is 1. The van der Waals surface area contributed by atoms with Crippen LogP contribution in [-0.2, 0) is 35.6 Å². The molecule has 21 heavy (non-hydrogen) atoms. The summed E-state index contributed by atoms with van der Waals surface area (Å²) in [6.07, 6.45) is 6.67. The van der Waals surface area contributed by atoms with E-state index in [1.165, 1.54) is 30.4 Å². The maximum Gasteiger partial charge on any atom is 0.149 e. The van der Waals surface area contributed by atoms with Gasteiger partial charge in [-0.05, 0) is 44.2 Å². The number of hydrogen-bond acceptors (Lipinski definition) is 4. The summed E-state index contributed by atoms with van der Waals surface area (Å²) >= 11 is 0. The van der Waals surface area contributed by atoms with E-state index in [-0.39, 0.29) is 5.75 Å². The van der Waals surface area contributed by atoms with Gasteiger partial charge in [-0.2, -0.15) is 5.10 Å². The molecular weight excluding hydrogens is 286 g/mol. The molecule has 0 spiro atoms. The number of nitrogens with one attached hydrogen (secondary N) is 1. The van der Waals surface area contributed by atoms with E-state index in [1.54, 1.807) is 0 Å². The lowest BCUT2D eigenvalue weighted by Crippen LogP contribution is -2.20. The molecule has 2 rings (SSSR count). The number of aromatic nitrogens is 2. The Morgan fingerprint density at radius 3 is 2.52 bits per heavy atom. The van der Waals surface area contributed by atoms with Crippen molar-refractivity contribution in [2.75, 3.05) is 18.6 Å². The second-order valence-corrected chi connectivity index (χ2v) is 8.17. The van der Waals surface area contributed by atoms with Gasteiger partial charge in [-0.15, -0.1) is 0 Å². The molecule has 0 aliphatic heterocycles. The van der Waals surface area contributed by atoms with Gasteiger partial charge >= 0.3 is 0 Å². The second-order valence-electron chi connectivity index (χ2n) is 5.91. The Morgan fingerprint density at radius 2 is 2.00 bits per heavy atom. The molecule has 120 valence electrons. The molecule has 5 nitrogen and oxygen atoms in total. The predicted octanol–water partition coefficient (Wildman–Crippen LogP) is 1.35. The quantitative estimate of drug-likeness (QED) is 0.747. The third kappa shape index (κ3) is 4.81. The molecule has 1 fully saturated rings. The molecule has 0 bridgehead atoms. The van der Waals surface area contributed by atoms with Crippen LogP contribution in [0.4, 0.5) is 0 Å². The molecule has 1 aromatic heterocycles. The second kappa shape index (κ2) is 6.92. The largest absolute Gasteiger partial charge is 0.314 e. The molecule has 0 radical (unpaired) electrons. The van der Waals surface area contributed by atoms with E-state index in [0.717, 1.165) is 37.5 Å². The van der Waals surface area contributed by atoms with Crippen LogP contribution < -0.4 is 5.32 Å². The van der Waals surface area contributed by atoms with Crippen molar-refractivity contribution in [3.63, 3.8) is 0 Å². The summed E-state index contributed by atoms with van der Waals surface area (Å²) in [5.74, 6) is 0.157. The average Bonchev–Trinajstić information content (AvgIpc) is 3.17. The molecule has 6 heteroatoms. The van der Waals surface area contributed by atoms with Crippen LogP contribution in [0.25, 0.3) is 0 Å². The SMILES string of the molecule is CCc1nn(CCS(C)(=O)=O)c(CC)c1CCNC1CC1. The molecule has 1 aromatic rings. The average molecular weight is 313 g/mol. The van der Waals surface area contributed by atoms with Crippen molar-refractivity contribution in [1.82, 2.24) is 15.1 Å². The van der Waals surface area contributed by atoms with Gasteiger partial charge in [-0.3, -0.25) is 4.68 Å². The van der Waals surface area contributed by atoms with Crippen LogP contribution in [0.15, 0.2) is 0 Å². The van der Waals surface area contributed by atoms with Gasteiger partial charge < -0.3 is 5.32 Å². The van der Waals surface area contributed by atoms with Crippen LogP contribution >= 0.6 is 0 Å². The van der Waals surface area contributed by atoms with Crippen LogP contribution in [0.3, 0.4) is 0 Å². The first-order valence-electron chi connectivity index (χ1n) is 7.93. The van der Waals surface area contributed by atoms with Gasteiger partial charge in [0.25, 0.3) is 0 Å². The number of nitrogens with zero attached hydrogens (tertiary/aromatic N) is 2. The van der Waals surface area contributed by atoms with Crippen molar-refractivity contribution in [3.05, 3.63) is 17.0 Å². The molecule has 1 aliphatic rings. The van der Waals surface area contributed by atoms with Crippen molar-refractivity contribution >= 4 is 9.84 Å². The molecule has 1 aliphatic carbocycles. The highest BCUT2D eigenvalue weighted by Gasteiger charge is 2.21. The van der Waals surface area contributed by atoms with Gasteiger partial charge in [0.1, 0.15) is 9.84 Å². The van der Waals surface area contributed by atoms with Crippen molar-refractivity contribution in [2.24, 2.45) is 0 Å². The number of aryl methyl sites for hydroxylation is 2. The minimum Gasteiger partial charge on any atom is -0.314 e. The van der Waals surface area contributed by atoms with E-state index in [0.29, 0.717) is 6.54 Å². The zero-order chi connectivity index (χ0) is 15.5. The van der Waals surface area contributed by atoms with Gasteiger partial charge in [0.05, 0.1) is 18.0 Å². The molecule has 0 atom stereocenters. The minimum absolute atomic E-state index is 0.157. The first-order chi connectivity index (χ1) is 9.94. The Labute approximate surface area is 128 Å². The standard InChI is InChI=1S/C15H27N3O2S/c1-4-14-13(8-9-16-12-6-7-12)15(5-2)18(17-14)10-11-21(3,19)20/h12,16H,4-11H2,1-3H3. The lowest BCUT2D eigenvalue weighted by molar-refractivity contribution is 0.576. The smallest absolute Gasteiger partial charge is 0.149 e. The third-order valence-electron chi connectivity index (χ3n) is 3.98. The summed E-state index contributed by atoms with van der Waals surface area (Å²) in [6.45, 7) is 5.68. The topological polar surface area (TPSA) is 64.0 Å². The predicted molar refractivity (Wildman–Crippen MR) is 85.4 cm³/mol. The third-order valence-corrected chi connectivity index (χ3v) is 4.90. The van der Waals surface area contributed by atoms with Gasteiger partial charge in [0.2, 0.25) is 0 Å². The Balaban J connectivity index is 2.10. The molecule has 1 N–H and O–H groups in total. The van der Waals surface area contributed by atoms with Gasteiger partial charge in [-0.1, -0.05) is 13.8 Å². The number of hydrogen-bond donors (Lipinski definition) is 1. The Kier molecular flexibility index (Phi) is 5.43. The summed E-state index contributed by atoms with van der Waals surface area (Å²) < 4.78 is 24.6. The lowest BCUT2D eigenvalue weighted by Gasteiger charge is -2.08. The Bertz CT molecular complexity index is 574. The van der Waals surface area contributed by atoms with E-state index in [2.05, 4.69) is 24.3 Å². The Morgan fingerprint density at radius 1 is 1.29 bits per heavy atom. The molecule has 1 saturated carbocycles. The van der Waals surface area contributed by atoms with E-state index < -0.39 is 9.84 Å². The summed E-state index contributed by atoms with van der Waals surface area (Å²) in [7, 11) is -2.95. The van der Waals surface area contributed by atoms with Crippen molar-refractivity contribution in [1.29, 1.82) is 0 Å². The molecule has 0 saturated heterocycles. The van der Waals surface area contributed by atoms with Gasteiger partial charge in [0, 0.05) is 18.0 Å². The van der Waals surface area contributed by atoms with E-state index in [9.17, 15) is 8.42 Å². The van der Waals surface area contributed by atoms with Gasteiger partial charge in [0.15, 0.2) is 0 Å². The van der Waals surface area contributed by atoms with Crippen molar-refractivity contribution in [2.45, 2.75) is 58.5 Å². The van der Waals surface area contributed by atoms with Crippen molar-refractivity contribution < 1.29 is 8.42 Å². The first kappa shape index (κ1) is 16.5. The highest BCUT2D eigenvalue weighted by Crippen LogP contribution is 2.20. The highest BCUT2D eigenvalue weighted by atomic mass is 32.2. The van der Waals surface area contributed by atoms with E-state index >= 15 is 0 Å². The lowest BCUT2D eigenvalue weighted by atomic mass is 10.1. The number of rotatable bonds is 9. The maximum absolute atomic E-state index is 11.4. The highest BCUT2D eigenvalue weighted by molar-refractivity contribution is 7.90. The van der Waals surface area contributed by atoms with Crippen LogP contribution in [0.2, 0.25) is 0 Å². The molecule has 1 heterocycles. The zero-order valence-corrected chi connectivity index (χ0v) is 14.2. The summed E-state index contributed by atoms with van der Waals surface area (Å²) in [5, 5.41) is 8.18. The zero-order valence-electron chi connectivity index (χ0n) is 13.4. The first-order valence-corrected chi connectivity index (χ1v) is 9.99. The van der Waals surface area contributed by atoms with Crippen LogP contribution in [0, 0.1) is 0 Å². The van der Waals surface area contributed by atoms with E-state index in [4.69, 9.17) is 0 Å². The Hall–Kier alpha value is -0.880. The van der Waals surface area contributed by atoms with Crippen LogP contribution in [-0.4, -0.2) is 42.8 Å². The van der Waals surface area contributed by atoms with E-state index in [1.807, 2.05) is 4.68 Å². The van der Waals surface area contributed by atoms with Gasteiger partial charge in [-0.25, -0.2) is 8.42 Å². The summed E-state index contributed by atoms with van der Waals surface area (Å²) in [6, 6.07) is 0.723. The van der Waals surface area contributed by atoms with Crippen LogP contribution in [0.5, 0.6) is 0 Å². The summed E-state index contributed by atoms with van der Waals surface area (Å²) in [5.41, 5.74) is 3.65. The van der Waals surface area contributed by atoms with Crippen LogP contribution in [0.1, 0.15) is 43.6 Å². The van der Waals surface area contributed by atoms with Crippen molar-refractivity contribution in [3.8, 4) is 0 Å². The molecule has 0 amide bonds. The molecule has 0 unspecified atom stereocenters.